The third-order valence-corrected chi connectivity index (χ3v) is 9.50. The highest BCUT2D eigenvalue weighted by molar-refractivity contribution is 8.01. The lowest BCUT2D eigenvalue weighted by molar-refractivity contribution is -0.118. The second kappa shape index (κ2) is 12.1. The van der Waals surface area contributed by atoms with E-state index >= 15 is 0 Å². The number of nitrogens with zero attached hydrogens (tertiary/aromatic N) is 4. The number of amides is 1. The number of ketones is 1. The topological polar surface area (TPSA) is 143 Å². The number of benzene rings is 2. The number of carbonyl (C=O) groups is 2. The fraction of sp³-hybridized carbons (Fsp3) is 0.323. The molecule has 2 aliphatic rings. The zero-order chi connectivity index (χ0) is 30.9. The minimum Gasteiger partial charge on any atom is -0.493 e. The molecule has 222 valence electrons. The first kappa shape index (κ1) is 30.1. The van der Waals surface area contributed by atoms with E-state index in [4.69, 9.17) is 15.2 Å². The summed E-state index contributed by atoms with van der Waals surface area (Å²) in [6.45, 7) is 6.07. The van der Waals surface area contributed by atoms with E-state index < -0.39 is 5.92 Å². The summed E-state index contributed by atoms with van der Waals surface area (Å²) in [6.07, 6.45) is 0.943. The van der Waals surface area contributed by atoms with Gasteiger partial charge in [-0.25, -0.2) is 0 Å². The number of carbonyl (C=O) groups excluding carboxylic acids is 2. The van der Waals surface area contributed by atoms with Crippen LogP contribution in [-0.4, -0.2) is 41.9 Å². The molecule has 12 heteroatoms. The van der Waals surface area contributed by atoms with Crippen LogP contribution in [0, 0.1) is 23.7 Å². The summed E-state index contributed by atoms with van der Waals surface area (Å²) in [4.78, 5) is 28.2. The van der Waals surface area contributed by atoms with Gasteiger partial charge in [-0.2, -0.15) is 5.26 Å². The molecule has 3 aromatic rings. The van der Waals surface area contributed by atoms with Gasteiger partial charge < -0.3 is 20.5 Å². The highest BCUT2D eigenvalue weighted by atomic mass is 32.2. The molecule has 1 aliphatic carbocycles. The highest BCUT2D eigenvalue weighted by Crippen LogP contribution is 2.51. The van der Waals surface area contributed by atoms with Crippen molar-refractivity contribution in [2.45, 2.75) is 43.9 Å². The first-order chi connectivity index (χ1) is 20.6. The number of methoxy groups -OCH3 is 2. The van der Waals surface area contributed by atoms with Crippen LogP contribution >= 0.6 is 23.1 Å². The Hall–Kier alpha value is -4.34. The van der Waals surface area contributed by atoms with Gasteiger partial charge in [-0.1, -0.05) is 61.2 Å². The normalized spacial score (nSPS) is 17.8. The number of nitriles is 1. The molecular formula is C31H32N6O4S2. The number of hydrogen-bond acceptors (Lipinski definition) is 11. The van der Waals surface area contributed by atoms with Crippen molar-refractivity contribution in [2.75, 3.05) is 30.2 Å². The van der Waals surface area contributed by atoms with E-state index in [1.165, 1.54) is 30.2 Å². The summed E-state index contributed by atoms with van der Waals surface area (Å²) in [5, 5.41) is 22.3. The van der Waals surface area contributed by atoms with Crippen molar-refractivity contribution < 1.29 is 19.1 Å². The van der Waals surface area contributed by atoms with E-state index in [1.54, 1.807) is 30.2 Å². The Morgan fingerprint density at radius 2 is 1.93 bits per heavy atom. The number of allylic oxidation sites excluding steroid dienone is 3. The van der Waals surface area contributed by atoms with Gasteiger partial charge in [0.2, 0.25) is 11.0 Å². The van der Waals surface area contributed by atoms with Crippen LogP contribution in [0.3, 0.4) is 0 Å². The second-order valence-corrected chi connectivity index (χ2v) is 13.3. The van der Waals surface area contributed by atoms with Crippen molar-refractivity contribution >= 4 is 45.6 Å². The van der Waals surface area contributed by atoms with E-state index in [0.717, 1.165) is 16.8 Å². The minimum absolute atomic E-state index is 0.00398. The van der Waals surface area contributed by atoms with Crippen LogP contribution < -0.4 is 25.4 Å². The first-order valence-corrected chi connectivity index (χ1v) is 15.4. The van der Waals surface area contributed by atoms with Crippen LogP contribution in [0.4, 0.5) is 10.8 Å². The maximum absolute atomic E-state index is 13.7. The van der Waals surface area contributed by atoms with E-state index in [2.05, 4.69) is 21.6 Å². The molecule has 0 saturated carbocycles. The van der Waals surface area contributed by atoms with Gasteiger partial charge >= 0.3 is 0 Å². The summed E-state index contributed by atoms with van der Waals surface area (Å²) in [5.41, 5.74) is 10.5. The van der Waals surface area contributed by atoms with E-state index in [9.17, 15) is 14.9 Å². The van der Waals surface area contributed by atoms with Crippen molar-refractivity contribution in [3.63, 3.8) is 0 Å². The van der Waals surface area contributed by atoms with Crippen LogP contribution in [-0.2, 0) is 9.59 Å². The Morgan fingerprint density at radius 1 is 1.19 bits per heavy atom. The third-order valence-electron chi connectivity index (χ3n) is 7.46. The molecule has 2 heterocycles. The molecule has 1 atom stereocenters. The highest BCUT2D eigenvalue weighted by Gasteiger charge is 2.45. The molecule has 2 aromatic carbocycles. The molecule has 0 saturated heterocycles. The predicted octanol–water partition coefficient (Wildman–Crippen LogP) is 5.54. The van der Waals surface area contributed by atoms with E-state index in [0.29, 0.717) is 50.6 Å². The molecule has 10 nitrogen and oxygen atoms in total. The van der Waals surface area contributed by atoms with Crippen LogP contribution in [0.1, 0.15) is 43.7 Å². The van der Waals surface area contributed by atoms with Gasteiger partial charge in [0, 0.05) is 29.4 Å². The summed E-state index contributed by atoms with van der Waals surface area (Å²) < 4.78 is 11.1. The number of aromatic nitrogens is 2. The molecule has 1 aliphatic heterocycles. The lowest BCUT2D eigenvalue weighted by Gasteiger charge is -2.42. The van der Waals surface area contributed by atoms with E-state index in [1.807, 2.05) is 45.0 Å². The monoisotopic (exact) mass is 616 g/mol. The van der Waals surface area contributed by atoms with Gasteiger partial charge in [0.25, 0.3) is 0 Å². The Balaban J connectivity index is 1.43. The van der Waals surface area contributed by atoms with Gasteiger partial charge in [-0.05, 0) is 42.0 Å². The van der Waals surface area contributed by atoms with Crippen molar-refractivity contribution in [3.05, 3.63) is 76.3 Å². The molecule has 1 amide bonds. The number of Topliss-reactive ketones (excluding diaryl/α,β-unsaturated/α-hetero) is 1. The predicted molar refractivity (Wildman–Crippen MR) is 167 cm³/mol. The van der Waals surface area contributed by atoms with Crippen molar-refractivity contribution in [3.8, 4) is 17.6 Å². The van der Waals surface area contributed by atoms with Gasteiger partial charge in [-0.15, -0.1) is 10.2 Å². The van der Waals surface area contributed by atoms with Crippen LogP contribution in [0.2, 0.25) is 0 Å². The average molecular weight is 617 g/mol. The zero-order valence-electron chi connectivity index (χ0n) is 24.6. The Bertz CT molecular complexity index is 1700. The van der Waals surface area contributed by atoms with Crippen molar-refractivity contribution in [2.24, 2.45) is 11.1 Å². The van der Waals surface area contributed by atoms with Crippen molar-refractivity contribution in [1.29, 1.82) is 5.26 Å². The summed E-state index contributed by atoms with van der Waals surface area (Å²) in [6, 6.07) is 15.2. The fourth-order valence-electron chi connectivity index (χ4n) is 5.54. The number of hydrogen-bond donors (Lipinski definition) is 2. The second-order valence-electron chi connectivity index (χ2n) is 11.1. The summed E-state index contributed by atoms with van der Waals surface area (Å²) in [5.74, 6) is 0.607. The number of thioether (sulfide) groups is 1. The number of ether oxygens (including phenoxy) is 2. The Morgan fingerprint density at radius 3 is 2.63 bits per heavy atom. The average Bonchev–Trinajstić information content (AvgIpc) is 3.43. The molecule has 3 N–H and O–H groups in total. The number of rotatable bonds is 8. The number of nitrogens with two attached hydrogens (primary N) is 1. The molecule has 0 bridgehead atoms. The minimum atomic E-state index is -0.553. The van der Waals surface area contributed by atoms with Gasteiger partial charge in [0.15, 0.2) is 21.6 Å². The lowest BCUT2D eigenvalue weighted by atomic mass is 9.68. The molecule has 0 radical (unpaired) electrons. The molecule has 0 spiro atoms. The number of anilines is 2. The van der Waals surface area contributed by atoms with Crippen LogP contribution in [0.5, 0.6) is 11.5 Å². The summed E-state index contributed by atoms with van der Waals surface area (Å²) >= 11 is 2.49. The molecule has 1 aromatic heterocycles. The zero-order valence-corrected chi connectivity index (χ0v) is 26.2. The maximum atomic E-state index is 13.7. The molecule has 1 unspecified atom stereocenters. The molecule has 5 rings (SSSR count). The summed E-state index contributed by atoms with van der Waals surface area (Å²) in [7, 11) is 3.08. The van der Waals surface area contributed by atoms with Crippen LogP contribution in [0.25, 0.3) is 0 Å². The smallest absolute Gasteiger partial charge is 0.234 e. The van der Waals surface area contributed by atoms with Crippen molar-refractivity contribution in [1.82, 2.24) is 10.2 Å². The molecule has 0 fully saturated rings. The van der Waals surface area contributed by atoms with Gasteiger partial charge in [0.1, 0.15) is 5.82 Å². The third kappa shape index (κ3) is 5.96. The number of nitrogens with one attached hydrogen (secondary N) is 1. The quantitative estimate of drug-likeness (QED) is 0.310. The van der Waals surface area contributed by atoms with Gasteiger partial charge in [0.05, 0.1) is 37.5 Å². The SMILES string of the molecule is COc1ccc(NC(=O)CSc2nnc(N3C(N)=C(C#N)C(c4ccccc4C)C4=C3CC(C)(C)CC4=O)s2)cc1OC. The van der Waals surface area contributed by atoms with Crippen LogP contribution in [0.15, 0.2) is 69.5 Å². The number of aryl methyl sites for hydroxylation is 1. The first-order valence-electron chi connectivity index (χ1n) is 13.6. The Labute approximate surface area is 258 Å². The van der Waals surface area contributed by atoms with E-state index in [-0.39, 0.29) is 28.7 Å². The maximum Gasteiger partial charge on any atom is 0.234 e. The Kier molecular flexibility index (Phi) is 8.48. The molecule has 43 heavy (non-hydrogen) atoms. The molecular weight excluding hydrogens is 585 g/mol. The standard InChI is InChI=1S/C31H32N6O4S2/c1-17-8-6-7-9-19(17)26-20(15-32)28(33)37(21-13-31(2,3)14-22(38)27(21)26)29-35-36-30(43-29)42-16-25(39)34-18-10-11-23(40-4)24(12-18)41-5/h6-12,26H,13-14,16,33H2,1-5H3,(H,34,39). The fourth-order valence-corrected chi connectivity index (χ4v) is 7.22. The lowest BCUT2D eigenvalue weighted by Crippen LogP contribution is -2.42. The largest absolute Gasteiger partial charge is 0.493 e. The van der Waals surface area contributed by atoms with Gasteiger partial charge in [-0.3, -0.25) is 14.5 Å².